The number of aryl methyl sites for hydroxylation is 2. The van der Waals surface area contributed by atoms with E-state index >= 15 is 0 Å². The van der Waals surface area contributed by atoms with Crippen LogP contribution in [-0.4, -0.2) is 44.2 Å². The van der Waals surface area contributed by atoms with Crippen molar-refractivity contribution in [2.24, 2.45) is 4.99 Å². The van der Waals surface area contributed by atoms with Crippen molar-refractivity contribution in [3.05, 3.63) is 95.3 Å². The number of urea groups is 1. The van der Waals surface area contributed by atoms with Gasteiger partial charge >= 0.3 is 12.2 Å². The van der Waals surface area contributed by atoms with Gasteiger partial charge in [0.1, 0.15) is 6.33 Å². The molecule has 8 nitrogen and oxygen atoms in total. The molecule has 44 heavy (non-hydrogen) atoms. The Morgan fingerprint density at radius 3 is 2.59 bits per heavy atom. The van der Waals surface area contributed by atoms with Gasteiger partial charge in [-0.1, -0.05) is 55.9 Å². The average molecular weight is 621 g/mol. The monoisotopic (exact) mass is 620 g/mol. The normalized spacial score (nSPS) is 14.6. The topological polar surface area (TPSA) is 92.5 Å². The molecule has 1 fully saturated rings. The molecule has 0 aliphatic carbocycles. The van der Waals surface area contributed by atoms with E-state index in [2.05, 4.69) is 34.2 Å². The van der Waals surface area contributed by atoms with Gasteiger partial charge in [-0.05, 0) is 78.8 Å². The van der Waals surface area contributed by atoms with Crippen LogP contribution in [0.4, 0.5) is 23.7 Å². The average Bonchev–Trinajstić information content (AvgIpc) is 3.62. The summed E-state index contributed by atoms with van der Waals surface area (Å²) in [5.74, 6) is 0.764. The van der Waals surface area contributed by atoms with Gasteiger partial charge in [0.15, 0.2) is 11.0 Å². The number of anilines is 1. The van der Waals surface area contributed by atoms with Gasteiger partial charge in [0.2, 0.25) is 5.91 Å². The predicted octanol–water partition coefficient (Wildman–Crippen LogP) is 7.16. The molecule has 3 amide bonds. The number of alkyl halides is 3. The molecule has 1 N–H and O–H groups in total. The summed E-state index contributed by atoms with van der Waals surface area (Å²) in [7, 11) is 0. The molecule has 0 radical (unpaired) electrons. The molecule has 0 spiro atoms. The molecule has 2 heterocycles. The maximum absolute atomic E-state index is 12.9. The predicted molar refractivity (Wildman–Crippen MR) is 166 cm³/mol. The second-order valence-corrected chi connectivity index (χ2v) is 11.7. The lowest BCUT2D eigenvalue weighted by atomic mass is 9.99. The fourth-order valence-corrected chi connectivity index (χ4v) is 5.68. The molecule has 5 rings (SSSR count). The number of carbonyl (C=O) groups is 2. The Kier molecular flexibility index (Phi) is 9.19. The first-order valence-corrected chi connectivity index (χ1v) is 15.1. The summed E-state index contributed by atoms with van der Waals surface area (Å²) in [5.41, 5.74) is 4.32. The Hall–Kier alpha value is -4.45. The van der Waals surface area contributed by atoms with Crippen molar-refractivity contribution < 1.29 is 22.8 Å². The molecular weight excluding hydrogens is 589 g/mol. The maximum atomic E-state index is 12.9. The largest absolute Gasteiger partial charge is 0.416 e. The highest BCUT2D eigenvalue weighted by molar-refractivity contribution is 8.15. The number of aromatic nitrogens is 3. The van der Waals surface area contributed by atoms with Crippen LogP contribution in [-0.2, 0) is 17.4 Å². The molecule has 3 aromatic carbocycles. The van der Waals surface area contributed by atoms with E-state index < -0.39 is 17.8 Å². The number of rotatable bonds is 8. The van der Waals surface area contributed by atoms with Crippen LogP contribution in [0.1, 0.15) is 48.4 Å². The number of amidine groups is 1. The van der Waals surface area contributed by atoms with Crippen molar-refractivity contribution in [2.75, 3.05) is 17.2 Å². The lowest BCUT2D eigenvalue weighted by Crippen LogP contribution is -2.32. The Labute approximate surface area is 257 Å². The fraction of sp³-hybridized carbons (Fsp3) is 0.281. The lowest BCUT2D eigenvalue weighted by molar-refractivity contribution is -0.137. The van der Waals surface area contributed by atoms with Crippen LogP contribution >= 0.6 is 11.8 Å². The quantitative estimate of drug-likeness (QED) is 0.211. The number of thioether (sulfide) groups is 1. The zero-order chi connectivity index (χ0) is 31.4. The number of amides is 3. The Balaban J connectivity index is 1.18. The maximum Gasteiger partial charge on any atom is 0.416 e. The number of nitrogens with zero attached hydrogens (tertiary/aromatic N) is 5. The van der Waals surface area contributed by atoms with Crippen LogP contribution in [0.2, 0.25) is 0 Å². The molecule has 228 valence electrons. The van der Waals surface area contributed by atoms with Gasteiger partial charge in [-0.15, -0.1) is 5.10 Å². The standard InChI is InChI=1S/C32H31F3N6O2S/c1-20(2)26-14-9-21(3)16-27(26)41-28(42)18-44-31(41)38-30(43)36-15-5-7-22-6-4-8-23(17-22)29-37-19-40(39-29)25-12-10-24(11-13-25)32(33,34)35/h4,6,8-14,16-17,19-20H,5,7,15,18H2,1-3H3,(H,36,43). The number of halogens is 3. The summed E-state index contributed by atoms with van der Waals surface area (Å²) >= 11 is 1.25. The molecule has 4 aromatic rings. The number of hydrogen-bond donors (Lipinski definition) is 1. The van der Waals surface area contributed by atoms with E-state index in [1.165, 1.54) is 34.9 Å². The van der Waals surface area contributed by atoms with Gasteiger partial charge in [-0.25, -0.2) is 14.5 Å². The first kappa shape index (κ1) is 31.0. The Bertz CT molecular complexity index is 1700. The van der Waals surface area contributed by atoms with Gasteiger partial charge < -0.3 is 5.32 Å². The van der Waals surface area contributed by atoms with Crippen LogP contribution in [0.3, 0.4) is 0 Å². The molecule has 12 heteroatoms. The summed E-state index contributed by atoms with van der Waals surface area (Å²) in [4.78, 5) is 35.5. The van der Waals surface area contributed by atoms with Crippen LogP contribution in [0, 0.1) is 6.92 Å². The van der Waals surface area contributed by atoms with Crippen molar-refractivity contribution >= 4 is 34.6 Å². The van der Waals surface area contributed by atoms with Crippen LogP contribution in [0.15, 0.2) is 78.0 Å². The van der Waals surface area contributed by atoms with Crippen molar-refractivity contribution in [2.45, 2.75) is 45.7 Å². The molecule has 1 aliphatic rings. The smallest absolute Gasteiger partial charge is 0.336 e. The fourth-order valence-electron chi connectivity index (χ4n) is 4.82. The number of carbonyl (C=O) groups excluding carboxylic acids is 2. The molecule has 0 saturated carbocycles. The van der Waals surface area contributed by atoms with Gasteiger partial charge in [0.05, 0.1) is 22.7 Å². The van der Waals surface area contributed by atoms with Gasteiger partial charge in [0.25, 0.3) is 0 Å². The Morgan fingerprint density at radius 1 is 1.09 bits per heavy atom. The molecule has 1 aliphatic heterocycles. The highest BCUT2D eigenvalue weighted by Crippen LogP contribution is 2.34. The summed E-state index contributed by atoms with van der Waals surface area (Å²) in [5, 5.41) is 7.62. The number of hydrogen-bond acceptors (Lipinski definition) is 5. The summed E-state index contributed by atoms with van der Waals surface area (Å²) in [6.07, 6.45) is -1.62. The third-order valence-corrected chi connectivity index (χ3v) is 7.99. The summed E-state index contributed by atoms with van der Waals surface area (Å²) in [6.45, 7) is 6.48. The number of aliphatic imine (C=N–C) groups is 1. The zero-order valence-corrected chi connectivity index (χ0v) is 25.2. The van der Waals surface area contributed by atoms with E-state index in [-0.39, 0.29) is 17.6 Å². The third kappa shape index (κ3) is 7.19. The van der Waals surface area contributed by atoms with Gasteiger partial charge in [-0.2, -0.15) is 18.2 Å². The number of nitrogens with one attached hydrogen (secondary N) is 1. The zero-order valence-electron chi connectivity index (χ0n) is 24.4. The molecule has 1 aromatic heterocycles. The van der Waals surface area contributed by atoms with E-state index in [1.807, 2.05) is 49.4 Å². The second-order valence-electron chi connectivity index (χ2n) is 10.7. The summed E-state index contributed by atoms with van der Waals surface area (Å²) in [6, 6.07) is 17.9. The molecule has 1 saturated heterocycles. The van der Waals surface area contributed by atoms with E-state index in [4.69, 9.17) is 0 Å². The van der Waals surface area contributed by atoms with Crippen molar-refractivity contribution in [3.63, 3.8) is 0 Å². The Morgan fingerprint density at radius 2 is 1.86 bits per heavy atom. The van der Waals surface area contributed by atoms with E-state index in [9.17, 15) is 22.8 Å². The van der Waals surface area contributed by atoms with Gasteiger partial charge in [-0.3, -0.25) is 9.69 Å². The van der Waals surface area contributed by atoms with E-state index in [0.29, 0.717) is 36.1 Å². The van der Waals surface area contributed by atoms with E-state index in [1.54, 1.807) is 4.90 Å². The minimum Gasteiger partial charge on any atom is -0.336 e. The highest BCUT2D eigenvalue weighted by atomic mass is 32.2. The van der Waals surface area contributed by atoms with E-state index in [0.717, 1.165) is 40.1 Å². The van der Waals surface area contributed by atoms with Crippen LogP contribution < -0.4 is 10.2 Å². The molecular formula is C32H31F3N6O2S. The SMILES string of the molecule is Cc1ccc(C(C)C)c(N2C(=O)CSC2=NC(=O)NCCCc2cccc(-c3ncn(-c4ccc(C(F)(F)F)cc4)n3)c2)c1. The summed E-state index contributed by atoms with van der Waals surface area (Å²) < 4.78 is 40.1. The third-order valence-electron chi connectivity index (χ3n) is 7.07. The molecule has 0 unspecified atom stereocenters. The molecule has 0 bridgehead atoms. The second kappa shape index (κ2) is 13.0. The number of benzene rings is 3. The van der Waals surface area contributed by atoms with Crippen molar-refractivity contribution in [1.82, 2.24) is 20.1 Å². The van der Waals surface area contributed by atoms with Crippen molar-refractivity contribution in [3.8, 4) is 17.1 Å². The van der Waals surface area contributed by atoms with Crippen LogP contribution in [0.5, 0.6) is 0 Å². The van der Waals surface area contributed by atoms with Crippen LogP contribution in [0.25, 0.3) is 17.1 Å². The minimum absolute atomic E-state index is 0.104. The first-order valence-electron chi connectivity index (χ1n) is 14.1. The minimum atomic E-state index is -4.40. The van der Waals surface area contributed by atoms with Gasteiger partial charge in [0, 0.05) is 12.1 Å². The highest BCUT2D eigenvalue weighted by Gasteiger charge is 2.32. The molecule has 0 atom stereocenters. The lowest BCUT2D eigenvalue weighted by Gasteiger charge is -2.22. The first-order chi connectivity index (χ1) is 21.0. The van der Waals surface area contributed by atoms with Crippen molar-refractivity contribution in [1.29, 1.82) is 0 Å².